The average Bonchev–Trinajstić information content (AvgIpc) is 2.39. The molecule has 0 aliphatic carbocycles. The Morgan fingerprint density at radius 1 is 1.05 bits per heavy atom. The number of alkyl halides is 3. The van der Waals surface area contributed by atoms with Crippen molar-refractivity contribution in [3.8, 4) is 0 Å². The Morgan fingerprint density at radius 3 is 2.32 bits per heavy atom. The van der Waals surface area contributed by atoms with Crippen LogP contribution in [0.2, 0.25) is 0 Å². The minimum atomic E-state index is -4.61. The monoisotopic (exact) mass is 379 g/mol. The van der Waals surface area contributed by atoms with Crippen molar-refractivity contribution in [3.05, 3.63) is 63.6 Å². The minimum Gasteiger partial charge on any atom is -0.322 e. The molecule has 0 aliphatic heterocycles. The summed E-state index contributed by atoms with van der Waals surface area (Å²) in [4.78, 5) is 11.8. The molecule has 0 heterocycles. The first kappa shape index (κ1) is 16.4. The standard InChI is InChI=1S/C14H7BrF5NO/c15-11-4-2-8(6-10(11)14(18,19)20)21-13(22)9-3-1-7(16)5-12(9)17/h1-6H,(H,21,22). The van der Waals surface area contributed by atoms with Crippen LogP contribution in [0.15, 0.2) is 40.9 Å². The van der Waals surface area contributed by atoms with E-state index < -0.39 is 34.8 Å². The zero-order valence-electron chi connectivity index (χ0n) is 10.6. The van der Waals surface area contributed by atoms with Crippen LogP contribution in [-0.4, -0.2) is 5.91 Å². The number of halogens is 6. The summed E-state index contributed by atoms with van der Waals surface area (Å²) in [6, 6.07) is 5.34. The fraction of sp³-hybridized carbons (Fsp3) is 0.0714. The molecule has 1 N–H and O–H groups in total. The van der Waals surface area contributed by atoms with Crippen LogP contribution < -0.4 is 5.32 Å². The minimum absolute atomic E-state index is 0.163. The largest absolute Gasteiger partial charge is 0.417 e. The Bertz CT molecular complexity index is 730. The SMILES string of the molecule is O=C(Nc1ccc(Br)c(C(F)(F)F)c1)c1ccc(F)cc1F. The van der Waals surface area contributed by atoms with Crippen LogP contribution in [0.1, 0.15) is 15.9 Å². The maximum Gasteiger partial charge on any atom is 0.417 e. The molecule has 0 aliphatic rings. The van der Waals surface area contributed by atoms with Crippen molar-refractivity contribution >= 4 is 27.5 Å². The molecule has 0 fully saturated rings. The van der Waals surface area contributed by atoms with Gasteiger partial charge in [-0.05, 0) is 30.3 Å². The second-order valence-corrected chi connectivity index (χ2v) is 5.13. The first-order valence-electron chi connectivity index (χ1n) is 5.81. The topological polar surface area (TPSA) is 29.1 Å². The highest BCUT2D eigenvalue weighted by Gasteiger charge is 2.33. The van der Waals surface area contributed by atoms with Crippen molar-refractivity contribution in [2.45, 2.75) is 6.18 Å². The van der Waals surface area contributed by atoms with E-state index in [9.17, 15) is 26.7 Å². The second-order valence-electron chi connectivity index (χ2n) is 4.27. The van der Waals surface area contributed by atoms with Crippen LogP contribution in [0.5, 0.6) is 0 Å². The molecule has 0 aromatic heterocycles. The Kier molecular flexibility index (Phi) is 4.50. The summed E-state index contributed by atoms with van der Waals surface area (Å²) in [5.41, 5.74) is -1.62. The van der Waals surface area contributed by atoms with Crippen LogP contribution in [0.4, 0.5) is 27.6 Å². The van der Waals surface area contributed by atoms with Crippen molar-refractivity contribution < 1.29 is 26.7 Å². The van der Waals surface area contributed by atoms with E-state index in [0.717, 1.165) is 18.2 Å². The molecule has 2 aromatic carbocycles. The van der Waals surface area contributed by atoms with Gasteiger partial charge in [-0.1, -0.05) is 15.9 Å². The molecular formula is C14H7BrF5NO. The summed E-state index contributed by atoms with van der Waals surface area (Å²) in [7, 11) is 0. The van der Waals surface area contributed by atoms with Gasteiger partial charge < -0.3 is 5.32 Å². The van der Waals surface area contributed by atoms with E-state index in [1.165, 1.54) is 6.07 Å². The zero-order valence-corrected chi connectivity index (χ0v) is 12.2. The van der Waals surface area contributed by atoms with E-state index in [2.05, 4.69) is 21.2 Å². The van der Waals surface area contributed by atoms with Gasteiger partial charge in [0.2, 0.25) is 0 Å². The third kappa shape index (κ3) is 3.62. The maximum absolute atomic E-state index is 13.4. The van der Waals surface area contributed by atoms with Gasteiger partial charge in [0.05, 0.1) is 11.1 Å². The molecule has 2 nitrogen and oxygen atoms in total. The van der Waals surface area contributed by atoms with Crippen molar-refractivity contribution in [2.24, 2.45) is 0 Å². The smallest absolute Gasteiger partial charge is 0.322 e. The lowest BCUT2D eigenvalue weighted by Crippen LogP contribution is -2.15. The highest BCUT2D eigenvalue weighted by atomic mass is 79.9. The summed E-state index contributed by atoms with van der Waals surface area (Å²) in [6.45, 7) is 0. The van der Waals surface area contributed by atoms with Crippen LogP contribution >= 0.6 is 15.9 Å². The molecule has 0 unspecified atom stereocenters. The Balaban J connectivity index is 2.29. The number of nitrogens with one attached hydrogen (secondary N) is 1. The number of rotatable bonds is 2. The maximum atomic E-state index is 13.4. The molecule has 2 aromatic rings. The molecule has 0 radical (unpaired) electrons. The van der Waals surface area contributed by atoms with Gasteiger partial charge in [0.1, 0.15) is 11.6 Å². The zero-order chi connectivity index (χ0) is 16.5. The predicted octanol–water partition coefficient (Wildman–Crippen LogP) is 5.00. The average molecular weight is 380 g/mol. The van der Waals surface area contributed by atoms with Crippen LogP contribution in [-0.2, 0) is 6.18 Å². The molecule has 0 bridgehead atoms. The third-order valence-corrected chi connectivity index (χ3v) is 3.40. The van der Waals surface area contributed by atoms with Gasteiger partial charge in [0.25, 0.3) is 5.91 Å². The van der Waals surface area contributed by atoms with Gasteiger partial charge in [-0.15, -0.1) is 0 Å². The Labute approximate surface area is 130 Å². The fourth-order valence-electron chi connectivity index (χ4n) is 1.69. The van der Waals surface area contributed by atoms with E-state index >= 15 is 0 Å². The summed E-state index contributed by atoms with van der Waals surface area (Å²) in [5, 5.41) is 2.14. The molecule has 0 spiro atoms. The van der Waals surface area contributed by atoms with Crippen LogP contribution in [0.25, 0.3) is 0 Å². The van der Waals surface area contributed by atoms with Crippen LogP contribution in [0, 0.1) is 11.6 Å². The quantitative estimate of drug-likeness (QED) is 0.731. The summed E-state index contributed by atoms with van der Waals surface area (Å²) >= 11 is 2.76. The van der Waals surface area contributed by atoms with E-state index in [1.54, 1.807) is 0 Å². The first-order valence-corrected chi connectivity index (χ1v) is 6.61. The number of hydrogen-bond acceptors (Lipinski definition) is 1. The molecule has 1 amide bonds. The molecule has 0 atom stereocenters. The number of anilines is 1. The Hall–Kier alpha value is -1.96. The molecule has 8 heteroatoms. The van der Waals surface area contributed by atoms with Gasteiger partial charge in [-0.2, -0.15) is 13.2 Å². The van der Waals surface area contributed by atoms with Crippen molar-refractivity contribution in [3.63, 3.8) is 0 Å². The molecule has 0 saturated carbocycles. The lowest BCUT2D eigenvalue weighted by molar-refractivity contribution is -0.138. The number of benzene rings is 2. The van der Waals surface area contributed by atoms with Crippen molar-refractivity contribution in [2.75, 3.05) is 5.32 Å². The summed E-state index contributed by atoms with van der Waals surface area (Å²) < 4.78 is 64.3. The molecule has 116 valence electrons. The van der Waals surface area contributed by atoms with E-state index in [0.29, 0.717) is 12.1 Å². The second kappa shape index (κ2) is 6.04. The van der Waals surface area contributed by atoms with E-state index in [4.69, 9.17) is 0 Å². The van der Waals surface area contributed by atoms with Gasteiger partial charge in [-0.25, -0.2) is 8.78 Å². The first-order chi connectivity index (χ1) is 10.2. The molecule has 22 heavy (non-hydrogen) atoms. The van der Waals surface area contributed by atoms with Gasteiger partial charge in [0, 0.05) is 16.2 Å². The summed E-state index contributed by atoms with van der Waals surface area (Å²) in [6.07, 6.45) is -4.61. The lowest BCUT2D eigenvalue weighted by atomic mass is 10.1. The molecule has 2 rings (SSSR count). The van der Waals surface area contributed by atoms with Gasteiger partial charge in [0.15, 0.2) is 0 Å². The highest BCUT2D eigenvalue weighted by molar-refractivity contribution is 9.10. The van der Waals surface area contributed by atoms with Gasteiger partial charge in [-0.3, -0.25) is 4.79 Å². The molecular weight excluding hydrogens is 373 g/mol. The third-order valence-electron chi connectivity index (χ3n) is 2.71. The molecule has 0 saturated heterocycles. The predicted molar refractivity (Wildman–Crippen MR) is 73.5 cm³/mol. The van der Waals surface area contributed by atoms with E-state index in [1.807, 2.05) is 0 Å². The van der Waals surface area contributed by atoms with E-state index in [-0.39, 0.29) is 10.2 Å². The number of hydrogen-bond donors (Lipinski definition) is 1. The highest BCUT2D eigenvalue weighted by Crippen LogP contribution is 2.36. The fourth-order valence-corrected chi connectivity index (χ4v) is 2.16. The number of amides is 1. The van der Waals surface area contributed by atoms with Crippen molar-refractivity contribution in [1.82, 2.24) is 0 Å². The Morgan fingerprint density at radius 2 is 1.73 bits per heavy atom. The number of carbonyl (C=O) groups is 1. The van der Waals surface area contributed by atoms with Crippen molar-refractivity contribution in [1.29, 1.82) is 0 Å². The lowest BCUT2D eigenvalue weighted by Gasteiger charge is -2.12. The normalized spacial score (nSPS) is 11.4. The van der Waals surface area contributed by atoms with Crippen LogP contribution in [0.3, 0.4) is 0 Å². The summed E-state index contributed by atoms with van der Waals surface area (Å²) in [5.74, 6) is -2.95. The number of carbonyl (C=O) groups excluding carboxylic acids is 1. The van der Waals surface area contributed by atoms with Gasteiger partial charge >= 0.3 is 6.18 Å².